The number of piperazine rings is 1. The van der Waals surface area contributed by atoms with Gasteiger partial charge in [-0.05, 0) is 25.1 Å². The van der Waals surface area contributed by atoms with Gasteiger partial charge in [0.15, 0.2) is 0 Å². The van der Waals surface area contributed by atoms with Gasteiger partial charge in [0.05, 0.1) is 0 Å². The van der Waals surface area contributed by atoms with Crippen LogP contribution in [0.1, 0.15) is 5.56 Å². The molecule has 0 unspecified atom stereocenters. The van der Waals surface area contributed by atoms with Gasteiger partial charge in [-0.1, -0.05) is 17.7 Å². The molecule has 2 N–H and O–H groups in total. The lowest BCUT2D eigenvalue weighted by atomic mass is 10.2. The van der Waals surface area contributed by atoms with Crippen molar-refractivity contribution in [2.24, 2.45) is 0 Å². The van der Waals surface area contributed by atoms with E-state index in [1.54, 1.807) is 6.20 Å². The Morgan fingerprint density at radius 2 is 1.86 bits per heavy atom. The summed E-state index contributed by atoms with van der Waals surface area (Å²) in [5.41, 5.74) is 7.92. The molecule has 1 aliphatic rings. The van der Waals surface area contributed by atoms with Crippen molar-refractivity contribution in [2.75, 3.05) is 41.7 Å². The van der Waals surface area contributed by atoms with Crippen molar-refractivity contribution in [1.29, 1.82) is 0 Å². The number of nitrogens with zero attached hydrogens (tertiary/aromatic N) is 4. The van der Waals surface area contributed by atoms with E-state index in [9.17, 15) is 0 Å². The second kappa shape index (κ2) is 5.77. The lowest BCUT2D eigenvalue weighted by Crippen LogP contribution is -2.47. The number of halogens is 1. The molecular weight excluding hydrogens is 286 g/mol. The minimum absolute atomic E-state index is 0.327. The highest BCUT2D eigenvalue weighted by Crippen LogP contribution is 2.23. The topological polar surface area (TPSA) is 58.3 Å². The zero-order valence-electron chi connectivity index (χ0n) is 12.0. The van der Waals surface area contributed by atoms with Crippen molar-refractivity contribution in [2.45, 2.75) is 6.92 Å². The molecule has 0 saturated carbocycles. The number of hydrogen-bond donors (Lipinski definition) is 1. The smallest absolute Gasteiger partial charge is 0.221 e. The normalized spacial score (nSPS) is 15.3. The fraction of sp³-hybridized carbons (Fsp3) is 0.333. The number of nitrogens with two attached hydrogens (primary N) is 1. The molecule has 0 amide bonds. The quantitative estimate of drug-likeness (QED) is 0.923. The molecule has 1 aromatic carbocycles. The van der Waals surface area contributed by atoms with Gasteiger partial charge in [0, 0.05) is 48.6 Å². The maximum atomic E-state index is 6.06. The molecule has 0 bridgehead atoms. The van der Waals surface area contributed by atoms with Crippen LogP contribution in [0.15, 0.2) is 30.5 Å². The summed E-state index contributed by atoms with van der Waals surface area (Å²) in [6.45, 7) is 5.69. The maximum absolute atomic E-state index is 6.06. The zero-order valence-corrected chi connectivity index (χ0v) is 12.7. The molecule has 0 spiro atoms. The summed E-state index contributed by atoms with van der Waals surface area (Å²) in [6.07, 6.45) is 1.78. The predicted molar refractivity (Wildman–Crippen MR) is 87.1 cm³/mol. The Morgan fingerprint density at radius 1 is 1.14 bits per heavy atom. The van der Waals surface area contributed by atoms with E-state index in [0.717, 1.165) is 42.6 Å². The molecule has 1 aromatic heterocycles. The third-order valence-electron chi connectivity index (χ3n) is 3.72. The summed E-state index contributed by atoms with van der Waals surface area (Å²) >= 11 is 6.06. The number of benzene rings is 1. The number of anilines is 3. The Kier molecular flexibility index (Phi) is 3.84. The van der Waals surface area contributed by atoms with Crippen molar-refractivity contribution < 1.29 is 0 Å². The predicted octanol–water partition coefficient (Wildman–Crippen LogP) is 2.35. The van der Waals surface area contributed by atoms with Crippen LogP contribution < -0.4 is 15.5 Å². The van der Waals surface area contributed by atoms with Gasteiger partial charge in [0.2, 0.25) is 5.95 Å². The van der Waals surface area contributed by atoms with Gasteiger partial charge in [0.25, 0.3) is 0 Å². The van der Waals surface area contributed by atoms with Gasteiger partial charge < -0.3 is 15.5 Å². The molecule has 0 atom stereocenters. The van der Waals surface area contributed by atoms with E-state index in [-0.39, 0.29) is 0 Å². The maximum Gasteiger partial charge on any atom is 0.221 e. The first-order chi connectivity index (χ1) is 10.1. The van der Waals surface area contributed by atoms with Crippen molar-refractivity contribution in [3.63, 3.8) is 0 Å². The molecule has 110 valence electrons. The van der Waals surface area contributed by atoms with Crippen LogP contribution in [0.2, 0.25) is 5.02 Å². The van der Waals surface area contributed by atoms with E-state index in [0.29, 0.717) is 5.95 Å². The molecule has 2 aromatic rings. The number of nitrogen functional groups attached to an aromatic ring is 1. The molecule has 21 heavy (non-hydrogen) atoms. The van der Waals surface area contributed by atoms with Crippen LogP contribution >= 0.6 is 11.6 Å². The van der Waals surface area contributed by atoms with Crippen molar-refractivity contribution in [3.8, 4) is 0 Å². The number of aromatic nitrogens is 2. The first-order valence-electron chi connectivity index (χ1n) is 6.98. The average molecular weight is 304 g/mol. The standard InChI is InChI=1S/C15H18ClN5/c1-11-10-18-15(17)19-14(11)21-7-5-20(6-8-21)13-4-2-3-12(16)9-13/h2-4,9-10H,5-8H2,1H3,(H2,17,18,19). The van der Waals surface area contributed by atoms with Gasteiger partial charge in [0.1, 0.15) is 5.82 Å². The third-order valence-corrected chi connectivity index (χ3v) is 3.95. The van der Waals surface area contributed by atoms with Crippen molar-refractivity contribution >= 4 is 29.1 Å². The van der Waals surface area contributed by atoms with E-state index in [4.69, 9.17) is 17.3 Å². The zero-order chi connectivity index (χ0) is 14.8. The van der Waals surface area contributed by atoms with E-state index in [1.807, 2.05) is 25.1 Å². The van der Waals surface area contributed by atoms with E-state index in [1.165, 1.54) is 5.69 Å². The highest BCUT2D eigenvalue weighted by Gasteiger charge is 2.20. The fourth-order valence-electron chi connectivity index (χ4n) is 2.62. The van der Waals surface area contributed by atoms with Crippen LogP contribution in [-0.2, 0) is 0 Å². The molecule has 3 rings (SSSR count). The average Bonchev–Trinajstić information content (AvgIpc) is 2.50. The molecule has 1 fully saturated rings. The largest absolute Gasteiger partial charge is 0.368 e. The summed E-state index contributed by atoms with van der Waals surface area (Å²) in [4.78, 5) is 13.0. The van der Waals surface area contributed by atoms with Crippen LogP contribution in [0, 0.1) is 6.92 Å². The van der Waals surface area contributed by atoms with E-state index in [2.05, 4.69) is 25.8 Å². The lowest BCUT2D eigenvalue weighted by molar-refractivity contribution is 0.645. The highest BCUT2D eigenvalue weighted by molar-refractivity contribution is 6.30. The minimum atomic E-state index is 0.327. The van der Waals surface area contributed by atoms with Gasteiger partial charge >= 0.3 is 0 Å². The minimum Gasteiger partial charge on any atom is -0.368 e. The van der Waals surface area contributed by atoms with E-state index >= 15 is 0 Å². The van der Waals surface area contributed by atoms with Crippen LogP contribution in [0.25, 0.3) is 0 Å². The van der Waals surface area contributed by atoms with Crippen molar-refractivity contribution in [1.82, 2.24) is 9.97 Å². The van der Waals surface area contributed by atoms with Crippen LogP contribution in [0.5, 0.6) is 0 Å². The number of rotatable bonds is 2. The Bertz CT molecular complexity index is 638. The van der Waals surface area contributed by atoms with Gasteiger partial charge in [-0.25, -0.2) is 4.98 Å². The molecule has 6 heteroatoms. The Morgan fingerprint density at radius 3 is 2.57 bits per heavy atom. The molecule has 0 radical (unpaired) electrons. The molecule has 2 heterocycles. The Balaban J connectivity index is 1.72. The van der Waals surface area contributed by atoms with Gasteiger partial charge in [-0.3, -0.25) is 0 Å². The summed E-state index contributed by atoms with van der Waals surface area (Å²) in [7, 11) is 0. The van der Waals surface area contributed by atoms with Gasteiger partial charge in [-0.15, -0.1) is 0 Å². The molecule has 1 aliphatic heterocycles. The molecule has 5 nitrogen and oxygen atoms in total. The second-order valence-corrected chi connectivity index (χ2v) is 5.63. The van der Waals surface area contributed by atoms with E-state index < -0.39 is 0 Å². The first-order valence-corrected chi connectivity index (χ1v) is 7.36. The monoisotopic (exact) mass is 303 g/mol. The Labute approximate surface area is 129 Å². The second-order valence-electron chi connectivity index (χ2n) is 5.19. The third kappa shape index (κ3) is 3.03. The summed E-state index contributed by atoms with van der Waals surface area (Å²) < 4.78 is 0. The number of hydrogen-bond acceptors (Lipinski definition) is 5. The lowest BCUT2D eigenvalue weighted by Gasteiger charge is -2.37. The molecule has 0 aliphatic carbocycles. The Hall–Kier alpha value is -2.01. The van der Waals surface area contributed by atoms with Crippen LogP contribution in [-0.4, -0.2) is 36.1 Å². The fourth-order valence-corrected chi connectivity index (χ4v) is 2.80. The molecular formula is C15H18ClN5. The number of aryl methyl sites for hydroxylation is 1. The summed E-state index contributed by atoms with van der Waals surface area (Å²) in [6, 6.07) is 7.98. The summed E-state index contributed by atoms with van der Waals surface area (Å²) in [5.74, 6) is 1.26. The first kappa shape index (κ1) is 13.9. The summed E-state index contributed by atoms with van der Waals surface area (Å²) in [5, 5.41) is 0.773. The molecule has 1 saturated heterocycles. The van der Waals surface area contributed by atoms with Crippen LogP contribution in [0.3, 0.4) is 0 Å². The highest BCUT2D eigenvalue weighted by atomic mass is 35.5. The van der Waals surface area contributed by atoms with Crippen molar-refractivity contribution in [3.05, 3.63) is 41.0 Å². The van der Waals surface area contributed by atoms with Gasteiger partial charge in [-0.2, -0.15) is 4.98 Å². The SMILES string of the molecule is Cc1cnc(N)nc1N1CCN(c2cccc(Cl)c2)CC1. The van der Waals surface area contributed by atoms with Crippen LogP contribution in [0.4, 0.5) is 17.5 Å².